The van der Waals surface area contributed by atoms with E-state index in [0.29, 0.717) is 18.1 Å². The number of carbonyl (C=O) groups excluding carboxylic acids is 1. The van der Waals surface area contributed by atoms with Crippen LogP contribution in [0.5, 0.6) is 0 Å². The van der Waals surface area contributed by atoms with Gasteiger partial charge in [-0.05, 0) is 43.4 Å². The van der Waals surface area contributed by atoms with Gasteiger partial charge in [0.05, 0.1) is 6.10 Å². The molecule has 0 radical (unpaired) electrons. The summed E-state index contributed by atoms with van der Waals surface area (Å²) in [4.78, 5) is 12.3. The van der Waals surface area contributed by atoms with Crippen LogP contribution in [0.1, 0.15) is 46.5 Å². The van der Waals surface area contributed by atoms with Crippen LogP contribution in [0, 0.1) is 23.2 Å². The van der Waals surface area contributed by atoms with Crippen molar-refractivity contribution in [3.8, 4) is 0 Å². The van der Waals surface area contributed by atoms with E-state index in [1.165, 1.54) is 0 Å². The second kappa shape index (κ2) is 4.24. The summed E-state index contributed by atoms with van der Waals surface area (Å²) in [7, 11) is 0. The van der Waals surface area contributed by atoms with Crippen LogP contribution in [0.25, 0.3) is 0 Å². The minimum absolute atomic E-state index is 0.0311. The maximum absolute atomic E-state index is 12.3. The van der Waals surface area contributed by atoms with Crippen molar-refractivity contribution in [1.82, 2.24) is 0 Å². The molecule has 0 aromatic carbocycles. The van der Waals surface area contributed by atoms with E-state index in [0.717, 1.165) is 24.8 Å². The van der Waals surface area contributed by atoms with Gasteiger partial charge in [0.25, 0.3) is 0 Å². The molecular weight excluding hydrogens is 212 g/mol. The predicted molar refractivity (Wildman–Crippen MR) is 68.5 cm³/mol. The third-order valence-corrected chi connectivity index (χ3v) is 5.38. The van der Waals surface area contributed by atoms with Crippen molar-refractivity contribution in [1.29, 1.82) is 0 Å². The summed E-state index contributed by atoms with van der Waals surface area (Å²) in [5.74, 6) is 1.09. The van der Waals surface area contributed by atoms with Crippen LogP contribution in [0.3, 0.4) is 0 Å². The van der Waals surface area contributed by atoms with E-state index in [9.17, 15) is 9.90 Å². The second-order valence-electron chi connectivity index (χ2n) is 6.41. The molecule has 17 heavy (non-hydrogen) atoms. The van der Waals surface area contributed by atoms with Crippen LogP contribution in [0.15, 0.2) is 12.2 Å². The molecule has 0 amide bonds. The highest BCUT2D eigenvalue weighted by atomic mass is 16.3. The Bertz CT molecular complexity index is 347. The molecule has 0 spiro atoms. The Morgan fingerprint density at radius 1 is 1.47 bits per heavy atom. The predicted octanol–water partition coefficient (Wildman–Crippen LogP) is 2.95. The fraction of sp³-hybridized carbons (Fsp3) is 0.800. The number of fused-ring (bicyclic) bond motifs is 1. The lowest BCUT2D eigenvalue weighted by molar-refractivity contribution is -0.143. The molecule has 2 aliphatic rings. The minimum Gasteiger partial charge on any atom is -0.393 e. The summed E-state index contributed by atoms with van der Waals surface area (Å²) in [6, 6.07) is 0. The molecule has 2 rings (SSSR count). The first-order valence-corrected chi connectivity index (χ1v) is 6.72. The van der Waals surface area contributed by atoms with Gasteiger partial charge in [0.2, 0.25) is 0 Å². The third kappa shape index (κ3) is 1.97. The Balaban J connectivity index is 2.30. The minimum atomic E-state index is -0.243. The molecule has 0 bridgehead atoms. The number of allylic oxidation sites excluding steroid dienone is 1. The van der Waals surface area contributed by atoms with Gasteiger partial charge in [-0.1, -0.05) is 26.0 Å². The summed E-state index contributed by atoms with van der Waals surface area (Å²) < 4.78 is 0. The van der Waals surface area contributed by atoms with Gasteiger partial charge < -0.3 is 5.11 Å². The van der Waals surface area contributed by atoms with E-state index in [2.05, 4.69) is 20.4 Å². The van der Waals surface area contributed by atoms with Crippen LogP contribution in [0.4, 0.5) is 0 Å². The Hall–Kier alpha value is -0.630. The van der Waals surface area contributed by atoms with Crippen LogP contribution >= 0.6 is 0 Å². The standard InChI is InChI=1S/C15H24O2/c1-9(2)11-7-14(17)12-5-6-13(16)10(3)15(12,4)8-11/h10-13,16H,1,5-8H2,2-4H3/t10-,11+,12+,13+,15+/m0/s1. The van der Waals surface area contributed by atoms with Crippen LogP contribution in [0.2, 0.25) is 0 Å². The fourth-order valence-electron chi connectivity index (χ4n) is 3.87. The van der Waals surface area contributed by atoms with Gasteiger partial charge in [0, 0.05) is 12.3 Å². The van der Waals surface area contributed by atoms with E-state index >= 15 is 0 Å². The van der Waals surface area contributed by atoms with Crippen molar-refractivity contribution in [3.63, 3.8) is 0 Å². The smallest absolute Gasteiger partial charge is 0.137 e. The number of rotatable bonds is 1. The van der Waals surface area contributed by atoms with Crippen molar-refractivity contribution < 1.29 is 9.90 Å². The second-order valence-corrected chi connectivity index (χ2v) is 6.41. The molecule has 96 valence electrons. The lowest BCUT2D eigenvalue weighted by Crippen LogP contribution is -2.51. The molecule has 0 aliphatic heterocycles. The summed E-state index contributed by atoms with van der Waals surface area (Å²) in [5.41, 5.74) is 1.08. The van der Waals surface area contributed by atoms with Crippen LogP contribution in [-0.4, -0.2) is 17.0 Å². The molecular formula is C15H24O2. The van der Waals surface area contributed by atoms with E-state index < -0.39 is 0 Å². The van der Waals surface area contributed by atoms with E-state index in [-0.39, 0.29) is 23.4 Å². The average Bonchev–Trinajstić information content (AvgIpc) is 2.24. The first kappa shape index (κ1) is 12.8. The molecule has 0 saturated heterocycles. The largest absolute Gasteiger partial charge is 0.393 e. The molecule has 2 nitrogen and oxygen atoms in total. The lowest BCUT2D eigenvalue weighted by atomic mass is 9.52. The monoisotopic (exact) mass is 236 g/mol. The molecule has 0 aromatic heterocycles. The van der Waals surface area contributed by atoms with Crippen LogP contribution in [-0.2, 0) is 4.79 Å². The normalized spacial score (nSPS) is 46.5. The van der Waals surface area contributed by atoms with Gasteiger partial charge in [-0.15, -0.1) is 0 Å². The van der Waals surface area contributed by atoms with Crippen molar-refractivity contribution in [2.24, 2.45) is 23.2 Å². The summed E-state index contributed by atoms with van der Waals surface area (Å²) >= 11 is 0. The van der Waals surface area contributed by atoms with Gasteiger partial charge in [0.15, 0.2) is 0 Å². The van der Waals surface area contributed by atoms with Gasteiger partial charge >= 0.3 is 0 Å². The fourth-order valence-corrected chi connectivity index (χ4v) is 3.87. The van der Waals surface area contributed by atoms with Crippen molar-refractivity contribution >= 4 is 5.78 Å². The van der Waals surface area contributed by atoms with Crippen molar-refractivity contribution in [3.05, 3.63) is 12.2 Å². The summed E-state index contributed by atoms with van der Waals surface area (Å²) in [6.07, 6.45) is 3.08. The average molecular weight is 236 g/mol. The number of aliphatic hydroxyl groups excluding tert-OH is 1. The Morgan fingerprint density at radius 3 is 2.71 bits per heavy atom. The summed E-state index contributed by atoms with van der Waals surface area (Å²) in [5, 5.41) is 10.1. The van der Waals surface area contributed by atoms with Gasteiger partial charge in [-0.3, -0.25) is 4.79 Å². The lowest BCUT2D eigenvalue weighted by Gasteiger charge is -2.52. The zero-order valence-corrected chi connectivity index (χ0v) is 11.2. The van der Waals surface area contributed by atoms with E-state index in [4.69, 9.17) is 0 Å². The number of carbonyl (C=O) groups is 1. The number of hydrogen-bond acceptors (Lipinski definition) is 2. The Kier molecular flexibility index (Phi) is 3.19. The topological polar surface area (TPSA) is 37.3 Å². The molecule has 5 atom stereocenters. The first-order valence-electron chi connectivity index (χ1n) is 6.72. The third-order valence-electron chi connectivity index (χ3n) is 5.38. The van der Waals surface area contributed by atoms with E-state index in [1.54, 1.807) is 0 Å². The Labute approximate surface area is 104 Å². The summed E-state index contributed by atoms with van der Waals surface area (Å²) in [6.45, 7) is 10.3. The number of Topliss-reactive ketones (excluding diaryl/α,β-unsaturated/α-hetero) is 1. The van der Waals surface area contributed by atoms with Gasteiger partial charge in [-0.25, -0.2) is 0 Å². The number of aliphatic hydroxyl groups is 1. The highest BCUT2D eigenvalue weighted by molar-refractivity contribution is 5.83. The molecule has 2 saturated carbocycles. The molecule has 0 unspecified atom stereocenters. The SMILES string of the molecule is C=C(C)[C@@H]1CC(=O)[C@H]2CC[C@@H](O)[C@H](C)[C@@]2(C)C1. The zero-order chi connectivity index (χ0) is 12.8. The van der Waals surface area contributed by atoms with Crippen LogP contribution < -0.4 is 0 Å². The Morgan fingerprint density at radius 2 is 2.12 bits per heavy atom. The maximum Gasteiger partial charge on any atom is 0.137 e. The number of ketones is 1. The zero-order valence-electron chi connectivity index (χ0n) is 11.2. The highest BCUT2D eigenvalue weighted by Gasteiger charge is 2.52. The van der Waals surface area contributed by atoms with Gasteiger partial charge in [0.1, 0.15) is 5.78 Å². The molecule has 0 heterocycles. The van der Waals surface area contributed by atoms with Gasteiger partial charge in [-0.2, -0.15) is 0 Å². The van der Waals surface area contributed by atoms with Crippen molar-refractivity contribution in [2.45, 2.75) is 52.6 Å². The van der Waals surface area contributed by atoms with Crippen molar-refractivity contribution in [2.75, 3.05) is 0 Å². The first-order chi connectivity index (χ1) is 7.86. The molecule has 1 N–H and O–H groups in total. The quantitative estimate of drug-likeness (QED) is 0.711. The van der Waals surface area contributed by atoms with E-state index in [1.807, 2.05) is 6.92 Å². The highest BCUT2D eigenvalue weighted by Crippen LogP contribution is 2.54. The molecule has 2 aliphatic carbocycles. The maximum atomic E-state index is 12.3. The molecule has 2 fully saturated rings. The number of hydrogen-bond donors (Lipinski definition) is 1. The molecule has 2 heteroatoms. The molecule has 0 aromatic rings.